The highest BCUT2D eigenvalue weighted by Crippen LogP contribution is 2.47. The van der Waals surface area contributed by atoms with Crippen molar-refractivity contribution in [2.45, 2.75) is 52.9 Å². The molecule has 0 aliphatic heterocycles. The van der Waals surface area contributed by atoms with Gasteiger partial charge in [0.2, 0.25) is 0 Å². The van der Waals surface area contributed by atoms with E-state index in [9.17, 15) is 5.11 Å². The Balaban J connectivity index is 2.58. The van der Waals surface area contributed by atoms with Gasteiger partial charge >= 0.3 is 0 Å². The van der Waals surface area contributed by atoms with Crippen molar-refractivity contribution in [1.29, 1.82) is 0 Å². The number of methoxy groups -OCH3 is 2. The number of hydrogen-bond acceptors (Lipinski definition) is 3. The Morgan fingerprint density at radius 1 is 0.852 bits per heavy atom. The summed E-state index contributed by atoms with van der Waals surface area (Å²) in [4.78, 5) is 0. The van der Waals surface area contributed by atoms with E-state index in [0.717, 1.165) is 29.7 Å². The standard InChI is InChI=1S/C24H34O3/c1-8-16(3)24(5,17(4)9-2)20-12-10-18(14-22(20)26-6)19-11-13-21(25)23(15-19)27-7/h10-17,25H,8-9H2,1-7H3. The molecule has 0 aromatic heterocycles. The van der Waals surface area contributed by atoms with Crippen LogP contribution in [0.1, 0.15) is 53.0 Å². The summed E-state index contributed by atoms with van der Waals surface area (Å²) in [6, 6.07) is 11.9. The Morgan fingerprint density at radius 3 is 1.81 bits per heavy atom. The smallest absolute Gasteiger partial charge is 0.161 e. The number of benzene rings is 2. The lowest BCUT2D eigenvalue weighted by molar-refractivity contribution is 0.198. The van der Waals surface area contributed by atoms with E-state index in [0.29, 0.717) is 17.6 Å². The number of hydrogen-bond donors (Lipinski definition) is 1. The molecule has 0 heterocycles. The van der Waals surface area contributed by atoms with Crippen LogP contribution in [-0.4, -0.2) is 19.3 Å². The van der Waals surface area contributed by atoms with Gasteiger partial charge in [0.05, 0.1) is 14.2 Å². The van der Waals surface area contributed by atoms with Gasteiger partial charge in [0.15, 0.2) is 11.5 Å². The van der Waals surface area contributed by atoms with Crippen molar-refractivity contribution in [1.82, 2.24) is 0 Å². The van der Waals surface area contributed by atoms with Gasteiger partial charge in [-0.05, 0) is 41.2 Å². The molecule has 2 aromatic carbocycles. The van der Waals surface area contributed by atoms with Crippen LogP contribution in [0.5, 0.6) is 17.2 Å². The summed E-state index contributed by atoms with van der Waals surface area (Å²) >= 11 is 0. The molecule has 2 unspecified atom stereocenters. The molecule has 0 saturated heterocycles. The maximum atomic E-state index is 9.86. The van der Waals surface area contributed by atoms with Crippen molar-refractivity contribution >= 4 is 0 Å². The summed E-state index contributed by atoms with van der Waals surface area (Å²) in [6.45, 7) is 11.6. The number of phenolic OH excluding ortho intramolecular Hbond substituents is 1. The normalized spacial score (nSPS) is 15.7. The Kier molecular flexibility index (Phi) is 6.80. The predicted molar refractivity (Wildman–Crippen MR) is 113 cm³/mol. The topological polar surface area (TPSA) is 38.7 Å². The van der Waals surface area contributed by atoms with E-state index in [4.69, 9.17) is 9.47 Å². The van der Waals surface area contributed by atoms with E-state index in [1.807, 2.05) is 12.1 Å². The van der Waals surface area contributed by atoms with Gasteiger partial charge in [0, 0.05) is 11.0 Å². The van der Waals surface area contributed by atoms with Crippen LogP contribution >= 0.6 is 0 Å². The zero-order valence-corrected chi connectivity index (χ0v) is 17.8. The van der Waals surface area contributed by atoms with Crippen LogP contribution in [0.2, 0.25) is 0 Å². The van der Waals surface area contributed by atoms with Crippen LogP contribution in [-0.2, 0) is 5.41 Å². The molecule has 0 aliphatic rings. The fraction of sp³-hybridized carbons (Fsp3) is 0.500. The SMILES string of the molecule is CCC(C)C(C)(c1ccc(-c2ccc(O)c(OC)c2)cc1OC)C(C)CC. The second-order valence-corrected chi connectivity index (χ2v) is 7.70. The zero-order valence-electron chi connectivity index (χ0n) is 17.8. The van der Waals surface area contributed by atoms with E-state index in [2.05, 4.69) is 52.8 Å². The van der Waals surface area contributed by atoms with Crippen LogP contribution in [0.25, 0.3) is 11.1 Å². The summed E-state index contributed by atoms with van der Waals surface area (Å²) in [6.07, 6.45) is 2.25. The molecule has 3 heteroatoms. The van der Waals surface area contributed by atoms with Gasteiger partial charge in [0.1, 0.15) is 5.75 Å². The van der Waals surface area contributed by atoms with Gasteiger partial charge in [-0.1, -0.05) is 65.7 Å². The van der Waals surface area contributed by atoms with E-state index in [1.54, 1.807) is 20.3 Å². The summed E-state index contributed by atoms with van der Waals surface area (Å²) in [5, 5.41) is 9.86. The Labute approximate surface area is 164 Å². The molecule has 0 radical (unpaired) electrons. The molecule has 0 amide bonds. The van der Waals surface area contributed by atoms with Crippen molar-refractivity contribution in [3.63, 3.8) is 0 Å². The maximum absolute atomic E-state index is 9.86. The van der Waals surface area contributed by atoms with Crippen LogP contribution in [0, 0.1) is 11.8 Å². The predicted octanol–water partition coefficient (Wildman–Crippen LogP) is 6.43. The van der Waals surface area contributed by atoms with Gasteiger partial charge in [-0.15, -0.1) is 0 Å². The zero-order chi connectivity index (χ0) is 20.2. The average Bonchev–Trinajstić information content (AvgIpc) is 2.71. The molecule has 0 aliphatic carbocycles. The molecule has 0 saturated carbocycles. The first kappa shape index (κ1) is 21.1. The average molecular weight is 371 g/mol. The molecule has 2 aromatic rings. The number of ether oxygens (including phenoxy) is 2. The van der Waals surface area contributed by atoms with E-state index in [1.165, 1.54) is 5.56 Å². The quantitative estimate of drug-likeness (QED) is 0.582. The lowest BCUT2D eigenvalue weighted by Crippen LogP contribution is -2.37. The van der Waals surface area contributed by atoms with Crippen LogP contribution in [0.15, 0.2) is 36.4 Å². The number of rotatable bonds is 8. The van der Waals surface area contributed by atoms with Gasteiger partial charge in [-0.3, -0.25) is 0 Å². The van der Waals surface area contributed by atoms with Crippen molar-refractivity contribution in [2.75, 3.05) is 14.2 Å². The van der Waals surface area contributed by atoms with E-state index < -0.39 is 0 Å². The lowest BCUT2D eigenvalue weighted by atomic mass is 9.63. The van der Waals surface area contributed by atoms with Crippen LogP contribution < -0.4 is 9.47 Å². The minimum atomic E-state index is 0.0417. The molecule has 0 bridgehead atoms. The van der Waals surface area contributed by atoms with Crippen molar-refractivity contribution in [3.05, 3.63) is 42.0 Å². The third-order valence-corrected chi connectivity index (χ3v) is 6.57. The maximum Gasteiger partial charge on any atom is 0.161 e. The molecule has 3 nitrogen and oxygen atoms in total. The van der Waals surface area contributed by atoms with E-state index in [-0.39, 0.29) is 11.2 Å². The van der Waals surface area contributed by atoms with Gasteiger partial charge in [0.25, 0.3) is 0 Å². The van der Waals surface area contributed by atoms with Crippen molar-refractivity contribution in [2.24, 2.45) is 11.8 Å². The lowest BCUT2D eigenvalue weighted by Gasteiger charge is -2.42. The van der Waals surface area contributed by atoms with Crippen LogP contribution in [0.3, 0.4) is 0 Å². The Morgan fingerprint density at radius 2 is 1.33 bits per heavy atom. The molecule has 0 spiro atoms. The molecule has 27 heavy (non-hydrogen) atoms. The highest BCUT2D eigenvalue weighted by molar-refractivity contribution is 5.69. The van der Waals surface area contributed by atoms with Gasteiger partial charge < -0.3 is 14.6 Å². The fourth-order valence-electron chi connectivity index (χ4n) is 4.04. The highest BCUT2D eigenvalue weighted by Gasteiger charge is 2.38. The molecular formula is C24H34O3. The summed E-state index contributed by atoms with van der Waals surface area (Å²) in [7, 11) is 3.31. The minimum absolute atomic E-state index is 0.0417. The molecule has 2 atom stereocenters. The highest BCUT2D eigenvalue weighted by atomic mass is 16.5. The molecule has 2 rings (SSSR count). The first-order valence-corrected chi connectivity index (χ1v) is 9.89. The first-order valence-electron chi connectivity index (χ1n) is 9.89. The van der Waals surface area contributed by atoms with Gasteiger partial charge in [-0.2, -0.15) is 0 Å². The van der Waals surface area contributed by atoms with Crippen molar-refractivity contribution < 1.29 is 14.6 Å². The fourth-order valence-corrected chi connectivity index (χ4v) is 4.04. The minimum Gasteiger partial charge on any atom is -0.504 e. The molecule has 1 N–H and O–H groups in total. The Bertz CT molecular complexity index is 756. The Hall–Kier alpha value is -2.16. The van der Waals surface area contributed by atoms with Crippen molar-refractivity contribution in [3.8, 4) is 28.4 Å². The number of phenols is 1. The monoisotopic (exact) mass is 370 g/mol. The summed E-state index contributed by atoms with van der Waals surface area (Å²) < 4.78 is 11.1. The third-order valence-electron chi connectivity index (χ3n) is 6.57. The van der Waals surface area contributed by atoms with Crippen LogP contribution in [0.4, 0.5) is 0 Å². The molecule has 148 valence electrons. The summed E-state index contributed by atoms with van der Waals surface area (Å²) in [5.41, 5.74) is 3.34. The molecular weight excluding hydrogens is 336 g/mol. The van der Waals surface area contributed by atoms with Gasteiger partial charge in [-0.25, -0.2) is 0 Å². The van der Waals surface area contributed by atoms with E-state index >= 15 is 0 Å². The summed E-state index contributed by atoms with van der Waals surface area (Å²) in [5.74, 6) is 2.62. The second kappa shape index (κ2) is 8.69. The number of aromatic hydroxyl groups is 1. The third kappa shape index (κ3) is 3.92. The molecule has 0 fully saturated rings. The second-order valence-electron chi connectivity index (χ2n) is 7.70. The first-order chi connectivity index (χ1) is 12.8. The largest absolute Gasteiger partial charge is 0.504 e.